The van der Waals surface area contributed by atoms with Crippen molar-refractivity contribution in [3.8, 4) is 0 Å². The minimum Gasteiger partial charge on any atom is -0.468 e. The fraction of sp³-hybridized carbons (Fsp3) is 0.765. The van der Waals surface area contributed by atoms with Crippen LogP contribution in [0.15, 0.2) is 22.8 Å². The second-order valence-electron chi connectivity index (χ2n) is 7.10. The molecule has 3 rings (SSSR count). The summed E-state index contributed by atoms with van der Waals surface area (Å²) in [4.78, 5) is 2.63. The zero-order valence-corrected chi connectivity index (χ0v) is 12.7. The van der Waals surface area contributed by atoms with Crippen LogP contribution in [0, 0.1) is 11.3 Å². The van der Waals surface area contributed by atoms with Gasteiger partial charge in [-0.3, -0.25) is 4.90 Å². The number of rotatable bonds is 6. The van der Waals surface area contributed by atoms with Crippen molar-refractivity contribution in [1.82, 2.24) is 4.90 Å². The zero-order valence-electron chi connectivity index (χ0n) is 12.7. The van der Waals surface area contributed by atoms with Crippen LogP contribution in [0.1, 0.15) is 51.2 Å². The zero-order chi connectivity index (χ0) is 14.0. The molecule has 2 aliphatic rings. The molecule has 0 aliphatic heterocycles. The molecule has 0 amide bonds. The molecule has 2 fully saturated rings. The van der Waals surface area contributed by atoms with Crippen LogP contribution in [0.4, 0.5) is 0 Å². The third-order valence-electron chi connectivity index (χ3n) is 5.31. The van der Waals surface area contributed by atoms with Gasteiger partial charge in [-0.1, -0.05) is 19.8 Å². The monoisotopic (exact) mass is 276 g/mol. The summed E-state index contributed by atoms with van der Waals surface area (Å²) in [5.41, 5.74) is 6.52. The van der Waals surface area contributed by atoms with Crippen LogP contribution in [0.25, 0.3) is 0 Å². The highest BCUT2D eigenvalue weighted by Crippen LogP contribution is 2.41. The van der Waals surface area contributed by atoms with Crippen LogP contribution in [-0.2, 0) is 6.54 Å². The Morgan fingerprint density at radius 1 is 1.30 bits per heavy atom. The lowest BCUT2D eigenvalue weighted by Crippen LogP contribution is -2.45. The van der Waals surface area contributed by atoms with Gasteiger partial charge in [-0.2, -0.15) is 0 Å². The molecule has 0 aromatic carbocycles. The predicted molar refractivity (Wildman–Crippen MR) is 81.3 cm³/mol. The van der Waals surface area contributed by atoms with Crippen molar-refractivity contribution in [2.45, 2.75) is 58.0 Å². The Morgan fingerprint density at radius 3 is 2.60 bits per heavy atom. The molecule has 1 aromatic rings. The number of nitrogens with zero attached hydrogens (tertiary/aromatic N) is 1. The second-order valence-corrected chi connectivity index (χ2v) is 7.10. The Balaban J connectivity index is 1.65. The smallest absolute Gasteiger partial charge is 0.117 e. The molecule has 0 saturated heterocycles. The van der Waals surface area contributed by atoms with E-state index in [0.29, 0.717) is 5.41 Å². The fourth-order valence-corrected chi connectivity index (χ4v) is 3.59. The summed E-state index contributed by atoms with van der Waals surface area (Å²) in [5, 5.41) is 0. The summed E-state index contributed by atoms with van der Waals surface area (Å²) in [7, 11) is 0. The van der Waals surface area contributed by atoms with E-state index in [1.807, 2.05) is 6.07 Å². The van der Waals surface area contributed by atoms with Crippen molar-refractivity contribution < 1.29 is 4.42 Å². The first-order valence-corrected chi connectivity index (χ1v) is 8.17. The summed E-state index contributed by atoms with van der Waals surface area (Å²) in [6, 6.07) is 4.84. The molecule has 0 bridgehead atoms. The topological polar surface area (TPSA) is 42.4 Å². The van der Waals surface area contributed by atoms with Crippen molar-refractivity contribution in [3.63, 3.8) is 0 Å². The van der Waals surface area contributed by atoms with Gasteiger partial charge < -0.3 is 10.2 Å². The van der Waals surface area contributed by atoms with E-state index in [1.165, 1.54) is 38.5 Å². The molecule has 0 unspecified atom stereocenters. The van der Waals surface area contributed by atoms with Gasteiger partial charge in [0.05, 0.1) is 12.8 Å². The van der Waals surface area contributed by atoms with Gasteiger partial charge in [-0.15, -0.1) is 0 Å². The lowest BCUT2D eigenvalue weighted by atomic mass is 9.70. The lowest BCUT2D eigenvalue weighted by molar-refractivity contribution is 0.0820. The fourth-order valence-electron chi connectivity index (χ4n) is 3.59. The number of hydrogen-bond donors (Lipinski definition) is 1. The highest BCUT2D eigenvalue weighted by molar-refractivity contribution is 5.01. The average Bonchev–Trinajstić information content (AvgIpc) is 3.19. The molecule has 2 saturated carbocycles. The molecule has 20 heavy (non-hydrogen) atoms. The van der Waals surface area contributed by atoms with Gasteiger partial charge in [0.25, 0.3) is 0 Å². The number of nitrogens with two attached hydrogens (primary N) is 1. The van der Waals surface area contributed by atoms with Gasteiger partial charge in [-0.05, 0) is 55.7 Å². The van der Waals surface area contributed by atoms with E-state index < -0.39 is 0 Å². The summed E-state index contributed by atoms with van der Waals surface area (Å²) >= 11 is 0. The average molecular weight is 276 g/mol. The summed E-state index contributed by atoms with van der Waals surface area (Å²) in [5.74, 6) is 1.97. The highest BCUT2D eigenvalue weighted by atomic mass is 16.3. The first-order valence-electron chi connectivity index (χ1n) is 8.17. The van der Waals surface area contributed by atoms with Crippen molar-refractivity contribution >= 4 is 0 Å². The largest absolute Gasteiger partial charge is 0.468 e. The van der Waals surface area contributed by atoms with E-state index >= 15 is 0 Å². The van der Waals surface area contributed by atoms with Gasteiger partial charge in [0.15, 0.2) is 0 Å². The van der Waals surface area contributed by atoms with Crippen LogP contribution >= 0.6 is 0 Å². The van der Waals surface area contributed by atoms with E-state index in [4.69, 9.17) is 10.2 Å². The molecule has 2 aliphatic carbocycles. The Hall–Kier alpha value is -0.800. The second kappa shape index (κ2) is 5.90. The molecule has 1 heterocycles. The molecule has 0 atom stereocenters. The first-order chi connectivity index (χ1) is 9.71. The molecule has 3 heteroatoms. The van der Waals surface area contributed by atoms with E-state index in [0.717, 1.165) is 37.4 Å². The minimum atomic E-state index is 0.349. The van der Waals surface area contributed by atoms with Crippen LogP contribution in [-0.4, -0.2) is 24.0 Å². The van der Waals surface area contributed by atoms with E-state index in [-0.39, 0.29) is 0 Å². The lowest BCUT2D eigenvalue weighted by Gasteiger charge is -2.42. The maximum atomic E-state index is 6.18. The summed E-state index contributed by atoms with van der Waals surface area (Å²) in [6.45, 7) is 5.32. The Bertz CT molecular complexity index is 403. The Morgan fingerprint density at radius 2 is 2.05 bits per heavy atom. The Labute approximate surface area is 122 Å². The van der Waals surface area contributed by atoms with E-state index in [2.05, 4.69) is 17.9 Å². The van der Waals surface area contributed by atoms with Crippen LogP contribution in [0.5, 0.6) is 0 Å². The molecule has 0 radical (unpaired) electrons. The van der Waals surface area contributed by atoms with Gasteiger partial charge in [0.2, 0.25) is 0 Å². The number of hydrogen-bond acceptors (Lipinski definition) is 3. The van der Waals surface area contributed by atoms with Gasteiger partial charge in [0, 0.05) is 12.6 Å². The van der Waals surface area contributed by atoms with Crippen molar-refractivity contribution in [2.24, 2.45) is 17.1 Å². The summed E-state index contributed by atoms with van der Waals surface area (Å²) < 4.78 is 5.54. The molecule has 112 valence electrons. The van der Waals surface area contributed by atoms with Gasteiger partial charge in [-0.25, -0.2) is 0 Å². The highest BCUT2D eigenvalue weighted by Gasteiger charge is 2.39. The third-order valence-corrected chi connectivity index (χ3v) is 5.31. The normalized spacial score (nSPS) is 30.9. The van der Waals surface area contributed by atoms with E-state index in [9.17, 15) is 0 Å². The molecule has 0 spiro atoms. The molecular formula is C17H28N2O. The number of furan rings is 1. The molecular weight excluding hydrogens is 248 g/mol. The Kier molecular flexibility index (Phi) is 4.18. The minimum absolute atomic E-state index is 0.349. The van der Waals surface area contributed by atoms with Crippen molar-refractivity contribution in [1.29, 1.82) is 0 Å². The predicted octanol–water partition coefficient (Wildman–Crippen LogP) is 3.40. The maximum Gasteiger partial charge on any atom is 0.117 e. The SMILES string of the molecule is CC1CCC(CN)(CN(Cc2ccco2)C2CC2)CC1. The molecule has 2 N–H and O–H groups in total. The van der Waals surface area contributed by atoms with Crippen molar-refractivity contribution in [2.75, 3.05) is 13.1 Å². The summed E-state index contributed by atoms with van der Waals surface area (Å²) in [6.07, 6.45) is 9.75. The van der Waals surface area contributed by atoms with Gasteiger partial charge in [0.1, 0.15) is 5.76 Å². The molecule has 1 aromatic heterocycles. The maximum absolute atomic E-state index is 6.18. The van der Waals surface area contributed by atoms with E-state index in [1.54, 1.807) is 6.26 Å². The third kappa shape index (κ3) is 3.26. The first kappa shape index (κ1) is 14.2. The van der Waals surface area contributed by atoms with Crippen LogP contribution in [0.2, 0.25) is 0 Å². The quantitative estimate of drug-likeness (QED) is 0.866. The molecule has 3 nitrogen and oxygen atoms in total. The van der Waals surface area contributed by atoms with Crippen molar-refractivity contribution in [3.05, 3.63) is 24.2 Å². The van der Waals surface area contributed by atoms with Crippen LogP contribution in [0.3, 0.4) is 0 Å². The van der Waals surface area contributed by atoms with Gasteiger partial charge >= 0.3 is 0 Å². The standard InChI is InChI=1S/C17H28N2O/c1-14-6-8-17(12-18,9-7-14)13-19(15-4-5-15)11-16-3-2-10-20-16/h2-3,10,14-15H,4-9,11-13,18H2,1H3. The van der Waals surface area contributed by atoms with Crippen LogP contribution < -0.4 is 5.73 Å².